The minimum atomic E-state index is -0.718. The van der Waals surface area contributed by atoms with E-state index >= 15 is 0 Å². The van der Waals surface area contributed by atoms with Gasteiger partial charge in [-0.2, -0.15) is 0 Å². The Balaban J connectivity index is 1.65. The van der Waals surface area contributed by atoms with Crippen LogP contribution in [-0.2, 0) is 4.79 Å². The van der Waals surface area contributed by atoms with Crippen LogP contribution < -0.4 is 14.2 Å². The molecule has 0 saturated heterocycles. The van der Waals surface area contributed by atoms with Crippen molar-refractivity contribution in [2.24, 2.45) is 5.92 Å². The largest absolute Gasteiger partial charge is 0.494 e. The van der Waals surface area contributed by atoms with Gasteiger partial charge >= 0.3 is 11.9 Å². The lowest BCUT2D eigenvalue weighted by atomic mass is 10.1. The van der Waals surface area contributed by atoms with Crippen molar-refractivity contribution in [1.29, 1.82) is 0 Å². The topological polar surface area (TPSA) is 61.8 Å². The minimum absolute atomic E-state index is 0.0316. The molecule has 36 heavy (non-hydrogen) atoms. The fraction of sp³-hybridized carbons (Fsp3) is 0.533. The van der Waals surface area contributed by atoms with Gasteiger partial charge in [0.05, 0.1) is 12.2 Å². The maximum Gasteiger partial charge on any atom is 0.343 e. The molecule has 0 heterocycles. The molecule has 0 aliphatic rings. The van der Waals surface area contributed by atoms with Crippen molar-refractivity contribution in [2.45, 2.75) is 90.4 Å². The summed E-state index contributed by atoms with van der Waals surface area (Å²) in [6.07, 6.45) is 12.9. The summed E-state index contributed by atoms with van der Waals surface area (Å²) >= 11 is 6.02. The van der Waals surface area contributed by atoms with Crippen LogP contribution in [0.3, 0.4) is 0 Å². The van der Waals surface area contributed by atoms with Crippen molar-refractivity contribution in [3.05, 3.63) is 54.1 Å². The van der Waals surface area contributed by atoms with E-state index in [2.05, 4.69) is 6.92 Å². The van der Waals surface area contributed by atoms with Crippen LogP contribution >= 0.6 is 11.6 Å². The number of esters is 2. The molecule has 0 fully saturated rings. The molecule has 0 unspecified atom stereocenters. The van der Waals surface area contributed by atoms with E-state index in [1.54, 1.807) is 48.5 Å². The van der Waals surface area contributed by atoms with Crippen LogP contribution in [0, 0.1) is 5.92 Å². The summed E-state index contributed by atoms with van der Waals surface area (Å²) in [6.45, 7) is 6.62. The average molecular weight is 517 g/mol. The van der Waals surface area contributed by atoms with Crippen molar-refractivity contribution in [3.63, 3.8) is 0 Å². The van der Waals surface area contributed by atoms with Gasteiger partial charge in [0, 0.05) is 0 Å². The number of benzene rings is 2. The molecule has 2 aromatic rings. The second kappa shape index (κ2) is 17.0. The molecule has 1 atom stereocenters. The minimum Gasteiger partial charge on any atom is -0.494 e. The molecule has 0 aromatic heterocycles. The lowest BCUT2D eigenvalue weighted by Gasteiger charge is -2.12. The lowest BCUT2D eigenvalue weighted by molar-refractivity contribution is -0.134. The zero-order valence-corrected chi connectivity index (χ0v) is 22.7. The summed E-state index contributed by atoms with van der Waals surface area (Å²) in [4.78, 5) is 24.4. The van der Waals surface area contributed by atoms with Crippen LogP contribution in [0.4, 0.5) is 0 Å². The molecule has 0 N–H and O–H groups in total. The number of hydrogen-bond donors (Lipinski definition) is 0. The second-order valence-corrected chi connectivity index (χ2v) is 9.95. The Morgan fingerprint density at radius 3 is 1.69 bits per heavy atom. The lowest BCUT2D eigenvalue weighted by Crippen LogP contribution is -2.25. The summed E-state index contributed by atoms with van der Waals surface area (Å²) in [6, 6.07) is 13.2. The van der Waals surface area contributed by atoms with Crippen LogP contribution in [0.1, 0.15) is 95.3 Å². The number of alkyl halides is 1. The first-order valence-electron chi connectivity index (χ1n) is 13.3. The summed E-state index contributed by atoms with van der Waals surface area (Å²) in [5, 5.41) is -0.718. The third kappa shape index (κ3) is 11.5. The van der Waals surface area contributed by atoms with E-state index in [0.29, 0.717) is 23.7 Å². The molecule has 2 aromatic carbocycles. The van der Waals surface area contributed by atoms with E-state index in [9.17, 15) is 9.59 Å². The molecule has 0 amide bonds. The van der Waals surface area contributed by atoms with Gasteiger partial charge in [-0.3, -0.25) is 4.79 Å². The maximum absolute atomic E-state index is 12.4. The van der Waals surface area contributed by atoms with Crippen LogP contribution in [0.2, 0.25) is 0 Å². The van der Waals surface area contributed by atoms with Crippen LogP contribution in [0.25, 0.3) is 0 Å². The van der Waals surface area contributed by atoms with Crippen molar-refractivity contribution in [1.82, 2.24) is 0 Å². The van der Waals surface area contributed by atoms with Gasteiger partial charge in [-0.1, -0.05) is 78.6 Å². The highest BCUT2D eigenvalue weighted by molar-refractivity contribution is 6.30. The zero-order valence-electron chi connectivity index (χ0n) is 22.0. The highest BCUT2D eigenvalue weighted by atomic mass is 35.5. The Morgan fingerprint density at radius 1 is 0.694 bits per heavy atom. The van der Waals surface area contributed by atoms with Crippen molar-refractivity contribution < 1.29 is 23.8 Å². The van der Waals surface area contributed by atoms with Gasteiger partial charge in [0.25, 0.3) is 0 Å². The molecule has 0 saturated carbocycles. The van der Waals surface area contributed by atoms with E-state index in [4.69, 9.17) is 25.8 Å². The fourth-order valence-corrected chi connectivity index (χ4v) is 3.70. The molecule has 5 nitrogen and oxygen atoms in total. The molecule has 0 bridgehead atoms. The molecule has 198 valence electrons. The van der Waals surface area contributed by atoms with Crippen molar-refractivity contribution in [3.8, 4) is 17.2 Å². The smallest absolute Gasteiger partial charge is 0.343 e. The first-order valence-corrected chi connectivity index (χ1v) is 13.7. The number of ether oxygens (including phenoxy) is 3. The molecular formula is C30H41ClO5. The number of carbonyl (C=O) groups is 2. The first-order chi connectivity index (χ1) is 17.4. The highest BCUT2D eigenvalue weighted by Crippen LogP contribution is 2.22. The summed E-state index contributed by atoms with van der Waals surface area (Å²) < 4.78 is 16.5. The summed E-state index contributed by atoms with van der Waals surface area (Å²) in [5.41, 5.74) is 0.429. The molecule has 0 aliphatic heterocycles. The first kappa shape index (κ1) is 29.7. The Bertz CT molecular complexity index is 893. The molecule has 2 rings (SSSR count). The van der Waals surface area contributed by atoms with Gasteiger partial charge in [0.1, 0.15) is 22.6 Å². The zero-order chi connectivity index (χ0) is 26.2. The molecular weight excluding hydrogens is 476 g/mol. The number of rotatable bonds is 17. The van der Waals surface area contributed by atoms with E-state index in [1.807, 2.05) is 13.8 Å². The van der Waals surface area contributed by atoms with Crippen molar-refractivity contribution >= 4 is 23.5 Å². The van der Waals surface area contributed by atoms with E-state index < -0.39 is 17.3 Å². The van der Waals surface area contributed by atoms with Crippen LogP contribution in [0.15, 0.2) is 48.5 Å². The van der Waals surface area contributed by atoms with Crippen LogP contribution in [0.5, 0.6) is 17.2 Å². The SMILES string of the molecule is CCCCCCCCCCCCOc1ccc(C(=O)Oc2ccc(OC(=O)[C@@H](Cl)C(C)C)cc2)cc1. The Kier molecular flexibility index (Phi) is 14.0. The number of halogens is 1. The van der Waals surface area contributed by atoms with Crippen molar-refractivity contribution in [2.75, 3.05) is 6.61 Å². The third-order valence-electron chi connectivity index (χ3n) is 5.92. The summed E-state index contributed by atoms with van der Waals surface area (Å²) in [7, 11) is 0. The van der Waals surface area contributed by atoms with Gasteiger partial charge in [0.15, 0.2) is 0 Å². The number of unbranched alkanes of at least 4 members (excludes halogenated alkanes) is 9. The Morgan fingerprint density at radius 2 is 1.17 bits per heavy atom. The fourth-order valence-electron chi connectivity index (χ4n) is 3.65. The van der Waals surface area contributed by atoms with Gasteiger partial charge in [0.2, 0.25) is 0 Å². The second-order valence-electron chi connectivity index (χ2n) is 9.48. The average Bonchev–Trinajstić information content (AvgIpc) is 2.88. The Labute approximate surface area is 221 Å². The molecule has 6 heteroatoms. The number of carbonyl (C=O) groups excluding carboxylic acids is 2. The summed E-state index contributed by atoms with van der Waals surface area (Å²) in [5.74, 6) is 0.430. The van der Waals surface area contributed by atoms with Gasteiger partial charge < -0.3 is 14.2 Å². The predicted molar refractivity (Wildman–Crippen MR) is 145 cm³/mol. The quantitative estimate of drug-likeness (QED) is 0.0914. The monoisotopic (exact) mass is 516 g/mol. The highest BCUT2D eigenvalue weighted by Gasteiger charge is 2.21. The van der Waals surface area contributed by atoms with E-state index in [-0.39, 0.29) is 5.92 Å². The standard InChI is InChI=1S/C30H41ClO5/c1-4-5-6-7-8-9-10-11-12-13-22-34-25-16-14-24(15-17-25)29(32)35-26-18-20-27(21-19-26)36-30(33)28(31)23(2)3/h14-21,23,28H,4-13,22H2,1-3H3/t28-/m0/s1. The maximum atomic E-state index is 12.4. The molecule has 0 spiro atoms. The van der Waals surface area contributed by atoms with Crippen LogP contribution in [-0.4, -0.2) is 23.9 Å². The van der Waals surface area contributed by atoms with Gasteiger partial charge in [-0.25, -0.2) is 4.79 Å². The molecule has 0 radical (unpaired) electrons. The van der Waals surface area contributed by atoms with E-state index in [1.165, 1.54) is 57.8 Å². The third-order valence-corrected chi connectivity index (χ3v) is 6.60. The molecule has 0 aliphatic carbocycles. The van der Waals surface area contributed by atoms with Gasteiger partial charge in [-0.15, -0.1) is 11.6 Å². The predicted octanol–water partition coefficient (Wildman–Crippen LogP) is 8.37. The van der Waals surface area contributed by atoms with E-state index in [0.717, 1.165) is 12.2 Å². The number of hydrogen-bond acceptors (Lipinski definition) is 5. The normalized spacial score (nSPS) is 11.8. The van der Waals surface area contributed by atoms with Gasteiger partial charge in [-0.05, 0) is 60.9 Å². The Hall–Kier alpha value is -2.53.